The first kappa shape index (κ1) is 32.3. The molecule has 2 aliphatic heterocycles. The lowest BCUT2D eigenvalue weighted by Gasteiger charge is -2.37. The van der Waals surface area contributed by atoms with E-state index in [9.17, 15) is 21.6 Å². The van der Waals surface area contributed by atoms with E-state index < -0.39 is 25.6 Å². The Labute approximate surface area is 246 Å². The predicted octanol–water partition coefficient (Wildman–Crippen LogP) is 3.31. The van der Waals surface area contributed by atoms with Crippen LogP contribution in [0.4, 0.5) is 18.3 Å². The number of morpholine rings is 1. The average molecular weight is 650 g/mol. The standard InChI is InChI=1S/C25H30N3O4S2.CHF3O3S/c1-19-23(32-18-20-9-5-3-6-10-20)24-22(26(2)25(33-24)27-13-15-31-16-14-27)17-28(19)34(29,30)21-11-7-4-8-12-21;2-1(3,4)8(5,6)7/h3-12,19,23H,13-18H2,1-2H3;(H,5,6,7)/q+1;/p-1/t19-,23+;/m0./s1. The van der Waals surface area contributed by atoms with Crippen LogP contribution in [0.15, 0.2) is 65.6 Å². The number of sulfonamides is 1. The molecule has 0 aliphatic carbocycles. The van der Waals surface area contributed by atoms with Crippen LogP contribution < -0.4 is 9.47 Å². The Morgan fingerprint density at radius 2 is 1.57 bits per heavy atom. The maximum atomic E-state index is 13.7. The van der Waals surface area contributed by atoms with Gasteiger partial charge in [-0.15, -0.1) is 0 Å². The molecule has 2 aromatic carbocycles. The smallest absolute Gasteiger partial charge is 0.485 e. The lowest BCUT2D eigenvalue weighted by atomic mass is 10.0. The van der Waals surface area contributed by atoms with Crippen LogP contribution in [0.25, 0.3) is 0 Å². The zero-order chi connectivity index (χ0) is 30.7. The van der Waals surface area contributed by atoms with Crippen LogP contribution in [0.1, 0.15) is 29.2 Å². The van der Waals surface area contributed by atoms with E-state index in [0.717, 1.165) is 34.4 Å². The molecule has 5 rings (SSSR count). The monoisotopic (exact) mass is 649 g/mol. The van der Waals surface area contributed by atoms with Crippen molar-refractivity contribution in [3.63, 3.8) is 0 Å². The van der Waals surface area contributed by atoms with Crippen molar-refractivity contribution >= 4 is 36.6 Å². The van der Waals surface area contributed by atoms with Gasteiger partial charge in [0.1, 0.15) is 24.9 Å². The van der Waals surface area contributed by atoms with Crippen molar-refractivity contribution < 1.29 is 48.6 Å². The van der Waals surface area contributed by atoms with E-state index >= 15 is 0 Å². The van der Waals surface area contributed by atoms with Crippen molar-refractivity contribution in [1.29, 1.82) is 0 Å². The maximum absolute atomic E-state index is 13.7. The van der Waals surface area contributed by atoms with Gasteiger partial charge in [-0.3, -0.25) is 0 Å². The molecule has 0 bridgehead atoms. The lowest BCUT2D eigenvalue weighted by molar-refractivity contribution is -0.664. The normalized spacial score (nSPS) is 20.0. The van der Waals surface area contributed by atoms with Gasteiger partial charge in [0, 0.05) is 0 Å². The summed E-state index contributed by atoms with van der Waals surface area (Å²) < 4.78 is 102. The number of hydrogen-bond donors (Lipinski definition) is 0. The number of rotatable bonds is 6. The molecule has 0 spiro atoms. The molecule has 10 nitrogen and oxygen atoms in total. The SMILES string of the molecule is C[C@H]1[C@@H](OCc2ccccc2)c2sc(N3CCOCC3)[n+](C)c2CN1S(=O)(=O)c1ccccc1.O=S(=O)([O-])C(F)(F)F. The number of halogens is 3. The summed E-state index contributed by atoms with van der Waals surface area (Å²) in [7, 11) is -7.76. The average Bonchev–Trinajstić information content (AvgIpc) is 3.28. The zero-order valence-corrected chi connectivity index (χ0v) is 25.2. The fraction of sp³-hybridized carbons (Fsp3) is 0.423. The summed E-state index contributed by atoms with van der Waals surface area (Å²) in [5, 5.41) is 1.12. The number of aromatic nitrogens is 1. The van der Waals surface area contributed by atoms with E-state index in [0.29, 0.717) is 31.3 Å². The van der Waals surface area contributed by atoms with Gasteiger partial charge in [-0.05, 0) is 36.0 Å². The van der Waals surface area contributed by atoms with E-state index in [1.165, 1.54) is 0 Å². The predicted molar refractivity (Wildman–Crippen MR) is 147 cm³/mol. The van der Waals surface area contributed by atoms with E-state index in [1.54, 1.807) is 39.9 Å². The van der Waals surface area contributed by atoms with Crippen LogP contribution >= 0.6 is 11.3 Å². The van der Waals surface area contributed by atoms with Gasteiger partial charge < -0.3 is 14.0 Å². The van der Waals surface area contributed by atoms with Gasteiger partial charge >= 0.3 is 10.6 Å². The highest BCUT2D eigenvalue weighted by molar-refractivity contribution is 7.89. The first-order chi connectivity index (χ1) is 19.7. The Bertz CT molecular complexity index is 1560. The third-order valence-corrected chi connectivity index (χ3v) is 10.7. The molecule has 0 radical (unpaired) electrons. The van der Waals surface area contributed by atoms with Gasteiger partial charge in [0.15, 0.2) is 10.1 Å². The summed E-state index contributed by atoms with van der Waals surface area (Å²) in [5.74, 6) is 0. The minimum absolute atomic E-state index is 0.304. The molecule has 16 heteroatoms. The number of anilines is 1. The van der Waals surface area contributed by atoms with Gasteiger partial charge in [0.05, 0.1) is 49.2 Å². The van der Waals surface area contributed by atoms with E-state index in [4.69, 9.17) is 22.4 Å². The minimum atomic E-state index is -6.09. The van der Waals surface area contributed by atoms with Crippen LogP contribution in [-0.4, -0.2) is 63.5 Å². The van der Waals surface area contributed by atoms with Gasteiger partial charge in [-0.2, -0.15) is 17.5 Å². The summed E-state index contributed by atoms with van der Waals surface area (Å²) in [6, 6.07) is 18.3. The number of fused-ring (bicyclic) bond motifs is 1. The summed E-state index contributed by atoms with van der Waals surface area (Å²) in [6.07, 6.45) is -0.367. The Hall–Kier alpha value is -2.60. The second kappa shape index (κ2) is 13.0. The lowest BCUT2D eigenvalue weighted by Crippen LogP contribution is -2.50. The molecule has 42 heavy (non-hydrogen) atoms. The molecule has 230 valence electrons. The Balaban J connectivity index is 0.000000446. The third-order valence-electron chi connectivity index (χ3n) is 6.82. The highest BCUT2D eigenvalue weighted by Crippen LogP contribution is 2.42. The second-order valence-electron chi connectivity index (χ2n) is 9.58. The number of ether oxygens (including phenoxy) is 2. The molecule has 1 fully saturated rings. The number of alkyl halides is 3. The Morgan fingerprint density at radius 3 is 2.12 bits per heavy atom. The van der Waals surface area contributed by atoms with Crippen LogP contribution in [0, 0.1) is 0 Å². The summed E-state index contributed by atoms with van der Waals surface area (Å²) in [5.41, 5.74) is -3.59. The molecule has 0 unspecified atom stereocenters. The molecule has 3 heterocycles. The molecular weight excluding hydrogens is 619 g/mol. The fourth-order valence-corrected chi connectivity index (χ4v) is 7.68. The van der Waals surface area contributed by atoms with E-state index in [-0.39, 0.29) is 12.1 Å². The highest BCUT2D eigenvalue weighted by atomic mass is 32.2. The molecular formula is C26H30F3N3O7S3. The third kappa shape index (κ3) is 7.12. The van der Waals surface area contributed by atoms with Crippen molar-refractivity contribution in [3.8, 4) is 0 Å². The molecule has 1 aromatic heterocycles. The molecule has 0 saturated carbocycles. The number of benzene rings is 2. The zero-order valence-electron chi connectivity index (χ0n) is 22.7. The summed E-state index contributed by atoms with van der Waals surface area (Å²) in [4.78, 5) is 3.73. The van der Waals surface area contributed by atoms with Crippen molar-refractivity contribution in [2.45, 2.75) is 42.6 Å². The molecule has 1 saturated heterocycles. The van der Waals surface area contributed by atoms with Crippen molar-refractivity contribution in [2.24, 2.45) is 7.05 Å². The first-order valence-corrected chi connectivity index (χ1v) is 16.5. The van der Waals surface area contributed by atoms with Crippen LogP contribution in [-0.2, 0) is 49.8 Å². The van der Waals surface area contributed by atoms with Crippen LogP contribution in [0.5, 0.6) is 0 Å². The number of nitrogens with zero attached hydrogens (tertiary/aromatic N) is 3. The van der Waals surface area contributed by atoms with E-state index in [2.05, 4.69) is 9.47 Å². The Kier molecular flexibility index (Phi) is 9.97. The van der Waals surface area contributed by atoms with Gasteiger partial charge in [0.25, 0.3) is 0 Å². The molecule has 3 aromatic rings. The molecule has 0 N–H and O–H groups in total. The maximum Gasteiger partial charge on any atom is 0.485 e. The number of hydrogen-bond acceptors (Lipinski definition) is 9. The second-order valence-corrected chi connectivity index (χ2v) is 13.8. The van der Waals surface area contributed by atoms with Gasteiger partial charge in [-0.25, -0.2) is 26.3 Å². The highest BCUT2D eigenvalue weighted by Gasteiger charge is 2.45. The van der Waals surface area contributed by atoms with Crippen molar-refractivity contribution in [1.82, 2.24) is 4.31 Å². The first-order valence-electron chi connectivity index (χ1n) is 12.8. The van der Waals surface area contributed by atoms with Gasteiger partial charge in [0.2, 0.25) is 10.0 Å². The topological polar surface area (TPSA) is 120 Å². The largest absolute Gasteiger partial charge is 0.741 e. The molecule has 0 amide bonds. The van der Waals surface area contributed by atoms with Crippen molar-refractivity contribution in [3.05, 3.63) is 76.8 Å². The van der Waals surface area contributed by atoms with Crippen LogP contribution in [0.3, 0.4) is 0 Å². The van der Waals surface area contributed by atoms with Crippen molar-refractivity contribution in [2.75, 3.05) is 31.2 Å². The van der Waals surface area contributed by atoms with E-state index in [1.807, 2.05) is 50.4 Å². The van der Waals surface area contributed by atoms with Gasteiger partial charge in [-0.1, -0.05) is 48.5 Å². The number of thiazole rings is 1. The Morgan fingerprint density at radius 1 is 1.02 bits per heavy atom. The summed E-state index contributed by atoms with van der Waals surface area (Å²) in [6.45, 7) is 5.73. The van der Waals surface area contributed by atoms with Crippen LogP contribution in [0.2, 0.25) is 0 Å². The quantitative estimate of drug-likeness (QED) is 0.227. The molecule has 2 aliphatic rings. The minimum Gasteiger partial charge on any atom is -0.741 e. The summed E-state index contributed by atoms with van der Waals surface area (Å²) >= 11 is 1.71. The molecule has 2 atom stereocenters. The fourth-order valence-electron chi connectivity index (χ4n) is 4.61.